The number of halogens is 3. The van der Waals surface area contributed by atoms with E-state index in [1.54, 1.807) is 19.2 Å². The molecule has 0 aliphatic rings. The smallest absolute Gasteiger partial charge is 0.166 e. The van der Waals surface area contributed by atoms with Crippen LogP contribution in [0.15, 0.2) is 17.0 Å². The van der Waals surface area contributed by atoms with E-state index in [1.165, 1.54) is 6.07 Å². The van der Waals surface area contributed by atoms with E-state index in [2.05, 4.69) is 0 Å². The molecule has 84 valence electrons. The molecule has 0 radical (unpaired) electrons. The Morgan fingerprint density at radius 2 is 1.87 bits per heavy atom. The van der Waals surface area contributed by atoms with Gasteiger partial charge in [0.25, 0.3) is 0 Å². The quantitative estimate of drug-likeness (QED) is 0.687. The second-order valence-corrected chi connectivity index (χ2v) is 4.10. The van der Waals surface area contributed by atoms with E-state index in [0.717, 1.165) is 29.3 Å². The summed E-state index contributed by atoms with van der Waals surface area (Å²) in [6.07, 6.45) is -1.82. The van der Waals surface area contributed by atoms with Crippen molar-refractivity contribution in [3.05, 3.63) is 28.8 Å². The van der Waals surface area contributed by atoms with Crippen molar-refractivity contribution in [2.24, 2.45) is 0 Å². The average molecular weight is 234 g/mol. The normalized spacial score (nSPS) is 11.9. The number of alkyl halides is 3. The van der Waals surface area contributed by atoms with Crippen LogP contribution in [0.25, 0.3) is 0 Å². The minimum Gasteiger partial charge on any atom is -0.166 e. The van der Waals surface area contributed by atoms with Crippen LogP contribution in [0.4, 0.5) is 13.2 Å². The summed E-state index contributed by atoms with van der Waals surface area (Å²) in [5.41, 5.74) is 1.21. The van der Waals surface area contributed by atoms with Crippen LogP contribution < -0.4 is 0 Å². The maximum absolute atomic E-state index is 12.6. The van der Waals surface area contributed by atoms with Crippen LogP contribution in [0, 0.1) is 6.92 Å². The van der Waals surface area contributed by atoms with Crippen molar-refractivity contribution in [2.45, 2.75) is 31.3 Å². The largest absolute Gasteiger partial charge is 0.417 e. The van der Waals surface area contributed by atoms with E-state index in [4.69, 9.17) is 0 Å². The van der Waals surface area contributed by atoms with Gasteiger partial charge in [0.2, 0.25) is 0 Å². The third-order valence-corrected chi connectivity index (χ3v) is 3.34. The molecule has 0 saturated heterocycles. The highest BCUT2D eigenvalue weighted by atomic mass is 32.2. The van der Waals surface area contributed by atoms with Crippen molar-refractivity contribution < 1.29 is 13.2 Å². The first-order valence-corrected chi connectivity index (χ1v) is 5.88. The minimum atomic E-state index is -4.25. The molecule has 0 heterocycles. The monoisotopic (exact) mass is 234 g/mol. The van der Waals surface area contributed by atoms with Crippen molar-refractivity contribution >= 4 is 11.8 Å². The summed E-state index contributed by atoms with van der Waals surface area (Å²) >= 11 is 1.16. The number of rotatable bonds is 2. The number of benzene rings is 1. The summed E-state index contributed by atoms with van der Waals surface area (Å²) < 4.78 is 37.9. The van der Waals surface area contributed by atoms with Gasteiger partial charge in [-0.3, -0.25) is 0 Å². The highest BCUT2D eigenvalue weighted by Gasteiger charge is 2.34. The van der Waals surface area contributed by atoms with E-state index >= 15 is 0 Å². The van der Waals surface area contributed by atoms with Gasteiger partial charge in [-0.2, -0.15) is 13.2 Å². The molecule has 0 fully saturated rings. The predicted molar refractivity (Wildman–Crippen MR) is 57.3 cm³/mol. The van der Waals surface area contributed by atoms with Gasteiger partial charge in [-0.1, -0.05) is 13.0 Å². The summed E-state index contributed by atoms with van der Waals surface area (Å²) in [7, 11) is 0. The molecule has 15 heavy (non-hydrogen) atoms. The van der Waals surface area contributed by atoms with E-state index in [0.29, 0.717) is 4.90 Å². The van der Waals surface area contributed by atoms with Crippen molar-refractivity contribution in [3.63, 3.8) is 0 Å². The third-order valence-electron chi connectivity index (χ3n) is 2.41. The van der Waals surface area contributed by atoms with E-state index in [1.807, 2.05) is 6.92 Å². The Labute approximate surface area is 91.9 Å². The Morgan fingerprint density at radius 3 is 2.27 bits per heavy atom. The summed E-state index contributed by atoms with van der Waals surface area (Å²) in [5, 5.41) is 0. The van der Waals surface area contributed by atoms with Gasteiger partial charge in [0.15, 0.2) is 0 Å². The van der Waals surface area contributed by atoms with Gasteiger partial charge in [0, 0.05) is 4.90 Å². The minimum absolute atomic E-state index is 0.349. The van der Waals surface area contributed by atoms with Gasteiger partial charge < -0.3 is 0 Å². The standard InChI is InChI=1S/C11H13F3S/c1-4-8-5-6-9(11(12,13)14)10(15-3)7(8)2/h5-6H,4H2,1-3H3. The van der Waals surface area contributed by atoms with Crippen molar-refractivity contribution in [1.29, 1.82) is 0 Å². The Balaban J connectivity index is 3.38. The maximum atomic E-state index is 12.6. The number of hydrogen-bond donors (Lipinski definition) is 0. The van der Waals surface area contributed by atoms with Crippen molar-refractivity contribution in [1.82, 2.24) is 0 Å². The molecule has 1 rings (SSSR count). The summed E-state index contributed by atoms with van der Waals surface area (Å²) in [4.78, 5) is 0.349. The molecule has 0 unspecified atom stereocenters. The third kappa shape index (κ3) is 2.48. The zero-order valence-electron chi connectivity index (χ0n) is 8.90. The fraction of sp³-hybridized carbons (Fsp3) is 0.455. The van der Waals surface area contributed by atoms with Gasteiger partial charge in [0.05, 0.1) is 5.56 Å². The van der Waals surface area contributed by atoms with Gasteiger partial charge in [-0.25, -0.2) is 0 Å². The van der Waals surface area contributed by atoms with Gasteiger partial charge in [-0.05, 0) is 36.8 Å². The van der Waals surface area contributed by atoms with Crippen molar-refractivity contribution in [2.75, 3.05) is 6.26 Å². The van der Waals surface area contributed by atoms with Gasteiger partial charge in [-0.15, -0.1) is 11.8 Å². The Morgan fingerprint density at radius 1 is 1.27 bits per heavy atom. The molecule has 0 aromatic heterocycles. The van der Waals surface area contributed by atoms with Gasteiger partial charge >= 0.3 is 6.18 Å². The summed E-state index contributed by atoms with van der Waals surface area (Å²) in [6, 6.07) is 2.75. The molecule has 0 bridgehead atoms. The first-order valence-electron chi connectivity index (χ1n) is 4.65. The fourth-order valence-electron chi connectivity index (χ4n) is 1.60. The van der Waals surface area contributed by atoms with Crippen LogP contribution in [-0.2, 0) is 12.6 Å². The zero-order chi connectivity index (χ0) is 11.6. The molecule has 0 aliphatic heterocycles. The van der Waals surface area contributed by atoms with E-state index in [9.17, 15) is 13.2 Å². The Hall–Kier alpha value is -0.640. The lowest BCUT2D eigenvalue weighted by atomic mass is 10.0. The number of thioether (sulfide) groups is 1. The molecule has 1 aromatic carbocycles. The second kappa shape index (κ2) is 4.47. The molecular weight excluding hydrogens is 221 g/mol. The first kappa shape index (κ1) is 12.4. The average Bonchev–Trinajstić information content (AvgIpc) is 2.15. The molecule has 0 saturated carbocycles. The SMILES string of the molecule is CCc1ccc(C(F)(F)F)c(SC)c1C. The van der Waals surface area contributed by atoms with Crippen LogP contribution >= 0.6 is 11.8 Å². The molecule has 0 nitrogen and oxygen atoms in total. The molecular formula is C11H13F3S. The topological polar surface area (TPSA) is 0 Å². The molecule has 4 heteroatoms. The first-order chi connectivity index (χ1) is 6.91. The lowest BCUT2D eigenvalue weighted by molar-refractivity contribution is -0.139. The van der Waals surface area contributed by atoms with Gasteiger partial charge in [0.1, 0.15) is 0 Å². The zero-order valence-corrected chi connectivity index (χ0v) is 9.72. The van der Waals surface area contributed by atoms with Crippen LogP contribution in [-0.4, -0.2) is 6.26 Å². The molecule has 1 aromatic rings. The van der Waals surface area contributed by atoms with Crippen LogP contribution in [0.2, 0.25) is 0 Å². The molecule has 0 atom stereocenters. The predicted octanol–water partition coefficient (Wildman–Crippen LogP) is 4.30. The maximum Gasteiger partial charge on any atom is 0.417 e. The van der Waals surface area contributed by atoms with E-state index in [-0.39, 0.29) is 0 Å². The highest BCUT2D eigenvalue weighted by Crippen LogP contribution is 2.38. The Bertz CT molecular complexity index is 356. The molecule has 0 N–H and O–H groups in total. The highest BCUT2D eigenvalue weighted by molar-refractivity contribution is 7.98. The number of hydrogen-bond acceptors (Lipinski definition) is 1. The fourth-order valence-corrected chi connectivity index (χ4v) is 2.44. The summed E-state index contributed by atoms with van der Waals surface area (Å²) in [5.74, 6) is 0. The van der Waals surface area contributed by atoms with Crippen LogP contribution in [0.5, 0.6) is 0 Å². The lowest BCUT2D eigenvalue weighted by Crippen LogP contribution is -2.08. The van der Waals surface area contributed by atoms with Crippen LogP contribution in [0.1, 0.15) is 23.6 Å². The summed E-state index contributed by atoms with van der Waals surface area (Å²) in [6.45, 7) is 3.69. The van der Waals surface area contributed by atoms with E-state index < -0.39 is 11.7 Å². The molecule has 0 amide bonds. The second-order valence-electron chi connectivity index (χ2n) is 3.28. The van der Waals surface area contributed by atoms with Crippen molar-refractivity contribution in [3.8, 4) is 0 Å². The van der Waals surface area contributed by atoms with Crippen LogP contribution in [0.3, 0.4) is 0 Å². The number of aryl methyl sites for hydroxylation is 1. The molecule has 0 aliphatic carbocycles. The Kier molecular flexibility index (Phi) is 3.71. The lowest BCUT2D eigenvalue weighted by Gasteiger charge is -2.15. The molecule has 0 spiro atoms.